The Hall–Kier alpha value is -0.160. The van der Waals surface area contributed by atoms with Crippen LogP contribution in [-0.4, -0.2) is 74.4 Å². The highest BCUT2D eigenvalue weighted by Gasteiger charge is 2.24. The van der Waals surface area contributed by atoms with Crippen LogP contribution in [0.4, 0.5) is 0 Å². The molecule has 17 heavy (non-hydrogen) atoms. The van der Waals surface area contributed by atoms with Crippen molar-refractivity contribution in [3.05, 3.63) is 0 Å². The third-order valence-electron chi connectivity index (χ3n) is 3.01. The highest BCUT2D eigenvalue weighted by molar-refractivity contribution is 4.85. The van der Waals surface area contributed by atoms with Crippen molar-refractivity contribution in [1.29, 1.82) is 0 Å². The van der Waals surface area contributed by atoms with Crippen LogP contribution in [0.15, 0.2) is 0 Å². The van der Waals surface area contributed by atoms with E-state index < -0.39 is 0 Å². The molecule has 4 nitrogen and oxygen atoms in total. The molecule has 0 rings (SSSR count). The molecule has 0 radical (unpaired) electrons. The van der Waals surface area contributed by atoms with E-state index in [4.69, 9.17) is 0 Å². The van der Waals surface area contributed by atoms with Crippen molar-refractivity contribution >= 4 is 0 Å². The first-order valence-corrected chi connectivity index (χ1v) is 6.50. The van der Waals surface area contributed by atoms with Gasteiger partial charge in [0.2, 0.25) is 0 Å². The zero-order valence-corrected chi connectivity index (χ0v) is 12.5. The number of nitrogens with zero attached hydrogens (tertiary/aromatic N) is 2. The molecule has 0 heterocycles. The molecule has 0 saturated heterocycles. The molecule has 0 bridgehead atoms. The second-order valence-corrected chi connectivity index (χ2v) is 5.90. The van der Waals surface area contributed by atoms with Gasteiger partial charge in [0, 0.05) is 26.2 Å². The highest BCUT2D eigenvalue weighted by Crippen LogP contribution is 2.08. The molecule has 0 aliphatic heterocycles. The summed E-state index contributed by atoms with van der Waals surface area (Å²) in [5, 5.41) is 12.7. The lowest BCUT2D eigenvalue weighted by molar-refractivity contribution is 0.113. The third kappa shape index (κ3) is 7.71. The number of nitrogens with one attached hydrogen (secondary N) is 1. The van der Waals surface area contributed by atoms with E-state index >= 15 is 0 Å². The van der Waals surface area contributed by atoms with Crippen LogP contribution >= 0.6 is 0 Å². The van der Waals surface area contributed by atoms with Crippen molar-refractivity contribution in [2.75, 3.05) is 53.9 Å². The van der Waals surface area contributed by atoms with Crippen LogP contribution in [0.5, 0.6) is 0 Å². The van der Waals surface area contributed by atoms with E-state index in [1.54, 1.807) is 0 Å². The number of rotatable bonds is 9. The van der Waals surface area contributed by atoms with Crippen LogP contribution in [0.3, 0.4) is 0 Å². The molecule has 1 unspecified atom stereocenters. The summed E-state index contributed by atoms with van der Waals surface area (Å²) >= 11 is 0. The van der Waals surface area contributed by atoms with Gasteiger partial charge in [-0.05, 0) is 34.0 Å². The van der Waals surface area contributed by atoms with Gasteiger partial charge in [-0.15, -0.1) is 0 Å². The van der Waals surface area contributed by atoms with Gasteiger partial charge in [0.1, 0.15) is 0 Å². The fraction of sp³-hybridized carbons (Fsp3) is 1.00. The van der Waals surface area contributed by atoms with E-state index in [-0.39, 0.29) is 12.1 Å². The van der Waals surface area contributed by atoms with Gasteiger partial charge in [-0.25, -0.2) is 0 Å². The third-order valence-corrected chi connectivity index (χ3v) is 3.01. The second kappa shape index (κ2) is 8.03. The Balaban J connectivity index is 4.35. The summed E-state index contributed by atoms with van der Waals surface area (Å²) in [4.78, 5) is 4.63. The van der Waals surface area contributed by atoms with Gasteiger partial charge in [0.05, 0.1) is 12.1 Å². The summed E-state index contributed by atoms with van der Waals surface area (Å²) < 4.78 is 0. The fourth-order valence-corrected chi connectivity index (χ4v) is 1.79. The zero-order valence-electron chi connectivity index (χ0n) is 12.5. The lowest BCUT2D eigenvalue weighted by Gasteiger charge is -2.35. The van der Waals surface area contributed by atoms with Gasteiger partial charge in [0.25, 0.3) is 0 Å². The first kappa shape index (κ1) is 16.8. The summed E-state index contributed by atoms with van der Waals surface area (Å²) in [6, 6.07) is 0. The molecule has 0 aromatic heterocycles. The second-order valence-electron chi connectivity index (χ2n) is 5.90. The molecular weight excluding hydrogens is 214 g/mol. The van der Waals surface area contributed by atoms with Gasteiger partial charge in [-0.3, -0.25) is 4.90 Å². The summed E-state index contributed by atoms with van der Waals surface area (Å²) in [7, 11) is 6.10. The van der Waals surface area contributed by atoms with Gasteiger partial charge in [-0.2, -0.15) is 0 Å². The Kier molecular flexibility index (Phi) is 7.96. The molecule has 4 heteroatoms. The van der Waals surface area contributed by atoms with Crippen LogP contribution in [-0.2, 0) is 0 Å². The lowest BCUT2D eigenvalue weighted by Crippen LogP contribution is -2.54. The van der Waals surface area contributed by atoms with Crippen LogP contribution in [0.1, 0.15) is 20.8 Å². The van der Waals surface area contributed by atoms with Crippen molar-refractivity contribution in [2.24, 2.45) is 5.92 Å². The zero-order chi connectivity index (χ0) is 13.5. The van der Waals surface area contributed by atoms with E-state index in [1.165, 1.54) is 0 Å². The normalized spacial score (nSPS) is 15.9. The number of hydrogen-bond acceptors (Lipinski definition) is 4. The maximum Gasteiger partial charge on any atom is 0.0623 e. The number of likely N-dealkylation sites (N-methyl/N-ethyl adjacent to an activating group) is 2. The summed E-state index contributed by atoms with van der Waals surface area (Å²) in [5.41, 5.74) is -0.207. The van der Waals surface area contributed by atoms with E-state index in [0.717, 1.165) is 26.2 Å². The number of aliphatic hydroxyl groups is 1. The predicted molar refractivity (Wildman–Crippen MR) is 74.4 cm³/mol. The summed E-state index contributed by atoms with van der Waals surface area (Å²) in [5.74, 6) is 0.650. The summed E-state index contributed by atoms with van der Waals surface area (Å²) in [6.45, 7) is 10.8. The molecule has 0 aromatic carbocycles. The summed E-state index contributed by atoms with van der Waals surface area (Å²) in [6.07, 6.45) is 0. The maximum absolute atomic E-state index is 9.45. The first-order chi connectivity index (χ1) is 7.83. The van der Waals surface area contributed by atoms with E-state index in [1.807, 2.05) is 7.05 Å². The van der Waals surface area contributed by atoms with Crippen LogP contribution in [0.2, 0.25) is 0 Å². The maximum atomic E-state index is 9.45. The Morgan fingerprint density at radius 2 is 1.82 bits per heavy atom. The van der Waals surface area contributed by atoms with E-state index in [9.17, 15) is 5.11 Å². The Morgan fingerprint density at radius 1 is 1.24 bits per heavy atom. The average molecular weight is 245 g/mol. The topological polar surface area (TPSA) is 38.7 Å². The Morgan fingerprint density at radius 3 is 2.18 bits per heavy atom. The largest absolute Gasteiger partial charge is 0.394 e. The average Bonchev–Trinajstić information content (AvgIpc) is 2.25. The SMILES string of the molecule is CNC(C)(CO)CN(CCN(C)C)CC(C)C. The smallest absolute Gasteiger partial charge is 0.0623 e. The molecule has 0 aliphatic rings. The Bertz CT molecular complexity index is 191. The predicted octanol–water partition coefficient (Wildman–Crippen LogP) is 0.476. The molecule has 0 fully saturated rings. The van der Waals surface area contributed by atoms with Crippen molar-refractivity contribution in [3.63, 3.8) is 0 Å². The standard InChI is InChI=1S/C13H31N3O/c1-12(2)9-16(8-7-15(5)6)10-13(3,11-17)14-4/h12,14,17H,7-11H2,1-6H3. The minimum atomic E-state index is -0.207. The number of hydrogen-bond donors (Lipinski definition) is 2. The molecule has 104 valence electrons. The first-order valence-electron chi connectivity index (χ1n) is 6.50. The van der Waals surface area contributed by atoms with E-state index in [0.29, 0.717) is 5.92 Å². The van der Waals surface area contributed by atoms with Crippen LogP contribution < -0.4 is 5.32 Å². The van der Waals surface area contributed by atoms with Crippen LogP contribution in [0.25, 0.3) is 0 Å². The monoisotopic (exact) mass is 245 g/mol. The molecule has 0 amide bonds. The van der Waals surface area contributed by atoms with Crippen LogP contribution in [0, 0.1) is 5.92 Å². The van der Waals surface area contributed by atoms with E-state index in [2.05, 4.69) is 50.0 Å². The van der Waals surface area contributed by atoms with Gasteiger partial charge >= 0.3 is 0 Å². The van der Waals surface area contributed by atoms with Crippen molar-refractivity contribution < 1.29 is 5.11 Å². The molecule has 0 spiro atoms. The minimum Gasteiger partial charge on any atom is -0.394 e. The quantitative estimate of drug-likeness (QED) is 0.620. The Labute approximate surface area is 107 Å². The molecule has 0 saturated carbocycles. The fourth-order valence-electron chi connectivity index (χ4n) is 1.79. The number of aliphatic hydroxyl groups excluding tert-OH is 1. The van der Waals surface area contributed by atoms with Crippen molar-refractivity contribution in [3.8, 4) is 0 Å². The highest BCUT2D eigenvalue weighted by atomic mass is 16.3. The minimum absolute atomic E-state index is 0.167. The molecule has 2 N–H and O–H groups in total. The molecule has 0 aliphatic carbocycles. The van der Waals surface area contributed by atoms with Gasteiger partial charge in [0.15, 0.2) is 0 Å². The van der Waals surface area contributed by atoms with Gasteiger partial charge < -0.3 is 15.3 Å². The molecular formula is C13H31N3O. The van der Waals surface area contributed by atoms with Crippen molar-refractivity contribution in [1.82, 2.24) is 15.1 Å². The molecule has 0 aromatic rings. The lowest BCUT2D eigenvalue weighted by atomic mass is 10.0. The van der Waals surface area contributed by atoms with Gasteiger partial charge in [-0.1, -0.05) is 13.8 Å². The molecule has 1 atom stereocenters. The van der Waals surface area contributed by atoms with Crippen molar-refractivity contribution in [2.45, 2.75) is 26.3 Å².